The van der Waals surface area contributed by atoms with E-state index in [2.05, 4.69) is 4.74 Å². The topological polar surface area (TPSA) is 72.6 Å². The van der Waals surface area contributed by atoms with Gasteiger partial charge < -0.3 is 15.4 Å². The maximum absolute atomic E-state index is 12.6. The molecule has 2 atom stereocenters. The maximum Gasteiger partial charge on any atom is 0.573 e. The summed E-state index contributed by atoms with van der Waals surface area (Å²) in [7, 11) is 0. The maximum atomic E-state index is 12.6. The van der Waals surface area contributed by atoms with Crippen LogP contribution in [0.1, 0.15) is 30.7 Å². The number of benzene rings is 1. The predicted octanol–water partition coefficient (Wildman–Crippen LogP) is 2.41. The Morgan fingerprint density at radius 1 is 1.16 bits per heavy atom. The third kappa shape index (κ3) is 4.05. The summed E-state index contributed by atoms with van der Waals surface area (Å²) in [5.74, 6) is -1.48. The van der Waals surface area contributed by atoms with Crippen molar-refractivity contribution in [3.05, 3.63) is 29.8 Å². The molecule has 2 aliphatic rings. The zero-order chi connectivity index (χ0) is 18.2. The Kier molecular flexibility index (Phi) is 4.62. The highest BCUT2D eigenvalue weighted by atomic mass is 19.4. The Morgan fingerprint density at radius 2 is 1.80 bits per heavy atom. The summed E-state index contributed by atoms with van der Waals surface area (Å²) >= 11 is 0. The first-order valence-corrected chi connectivity index (χ1v) is 8.19. The number of carbonyl (C=O) groups excluding carboxylic acids is 2. The van der Waals surface area contributed by atoms with E-state index >= 15 is 0 Å². The molecule has 8 heteroatoms. The number of ether oxygens (including phenoxy) is 1. The third-order valence-corrected chi connectivity index (χ3v) is 4.86. The van der Waals surface area contributed by atoms with Crippen LogP contribution in [0.3, 0.4) is 0 Å². The molecule has 1 saturated heterocycles. The number of nitrogens with two attached hydrogens (primary N) is 1. The number of hydrogen-bond acceptors (Lipinski definition) is 3. The first-order chi connectivity index (χ1) is 11.8. The average molecular weight is 356 g/mol. The monoisotopic (exact) mass is 356 g/mol. The number of carbonyl (C=O) groups is 2. The number of nitrogens with zero attached hydrogens (tertiary/aromatic N) is 1. The molecule has 3 rings (SSSR count). The van der Waals surface area contributed by atoms with Crippen molar-refractivity contribution in [2.45, 2.75) is 31.5 Å². The first-order valence-electron chi connectivity index (χ1n) is 8.19. The second kappa shape index (κ2) is 6.57. The van der Waals surface area contributed by atoms with Gasteiger partial charge in [0.15, 0.2) is 0 Å². The summed E-state index contributed by atoms with van der Waals surface area (Å²) < 4.78 is 41.6. The van der Waals surface area contributed by atoms with E-state index in [9.17, 15) is 22.8 Å². The lowest BCUT2D eigenvalue weighted by atomic mass is 9.96. The Bertz CT molecular complexity index is 669. The van der Waals surface area contributed by atoms with Crippen LogP contribution in [0, 0.1) is 11.8 Å². The number of amides is 2. The minimum Gasteiger partial charge on any atom is -0.405 e. The van der Waals surface area contributed by atoms with Crippen LogP contribution in [0.4, 0.5) is 13.2 Å². The number of likely N-dealkylation sites (tertiary alicyclic amines) is 1. The van der Waals surface area contributed by atoms with E-state index in [0.29, 0.717) is 37.9 Å². The molecule has 1 heterocycles. The van der Waals surface area contributed by atoms with Gasteiger partial charge in [0.1, 0.15) is 5.75 Å². The van der Waals surface area contributed by atoms with E-state index in [1.54, 1.807) is 17.0 Å². The second-order valence-corrected chi connectivity index (χ2v) is 6.54. The largest absolute Gasteiger partial charge is 0.573 e. The third-order valence-electron chi connectivity index (χ3n) is 4.86. The summed E-state index contributed by atoms with van der Waals surface area (Å²) in [6, 6.07) is 5.94. The fraction of sp³-hybridized carbons (Fsp3) is 0.529. The van der Waals surface area contributed by atoms with Crippen molar-refractivity contribution in [2.75, 3.05) is 13.1 Å². The van der Waals surface area contributed by atoms with Crippen LogP contribution in [0.15, 0.2) is 24.3 Å². The molecule has 25 heavy (non-hydrogen) atoms. The van der Waals surface area contributed by atoms with Crippen molar-refractivity contribution in [3.63, 3.8) is 0 Å². The Morgan fingerprint density at radius 3 is 2.40 bits per heavy atom. The molecule has 2 N–H and O–H groups in total. The van der Waals surface area contributed by atoms with E-state index in [1.165, 1.54) is 12.1 Å². The highest BCUT2D eigenvalue weighted by Crippen LogP contribution is 2.52. The molecule has 1 saturated carbocycles. The quantitative estimate of drug-likeness (QED) is 0.900. The standard InChI is InChI=1S/C17H19F3N2O3/c18-17(19,20)25-14-4-2-1-3-11(14)12-9-13(12)16(24)22-7-5-10(6-8-22)15(21)23/h1-4,10,12-13H,5-9H2,(H2,21,23). The molecule has 0 spiro atoms. The van der Waals surface area contributed by atoms with E-state index in [-0.39, 0.29) is 35.3 Å². The molecule has 2 amide bonds. The molecule has 1 aromatic rings. The number of halogens is 3. The Labute approximate surface area is 142 Å². The second-order valence-electron chi connectivity index (χ2n) is 6.54. The lowest BCUT2D eigenvalue weighted by Gasteiger charge is -2.30. The van der Waals surface area contributed by atoms with Gasteiger partial charge in [0.05, 0.1) is 0 Å². The molecule has 5 nitrogen and oxygen atoms in total. The van der Waals surface area contributed by atoms with Crippen LogP contribution >= 0.6 is 0 Å². The van der Waals surface area contributed by atoms with Crippen LogP contribution < -0.4 is 10.5 Å². The molecule has 1 aliphatic carbocycles. The molecule has 136 valence electrons. The van der Waals surface area contributed by atoms with Gasteiger partial charge in [-0.2, -0.15) is 0 Å². The Balaban J connectivity index is 1.63. The molecular formula is C17H19F3N2O3. The summed E-state index contributed by atoms with van der Waals surface area (Å²) in [5.41, 5.74) is 5.69. The van der Waals surface area contributed by atoms with Gasteiger partial charge in [-0.15, -0.1) is 13.2 Å². The van der Waals surface area contributed by atoms with Gasteiger partial charge >= 0.3 is 6.36 Å². The number of primary amides is 1. The van der Waals surface area contributed by atoms with Crippen molar-refractivity contribution in [1.82, 2.24) is 4.90 Å². The van der Waals surface area contributed by atoms with E-state index < -0.39 is 6.36 Å². The van der Waals surface area contributed by atoms with Gasteiger partial charge in [-0.05, 0) is 36.8 Å². The summed E-state index contributed by atoms with van der Waals surface area (Å²) in [6.45, 7) is 0.909. The zero-order valence-corrected chi connectivity index (χ0v) is 13.5. The van der Waals surface area contributed by atoms with Crippen molar-refractivity contribution in [2.24, 2.45) is 17.6 Å². The number of alkyl halides is 3. The van der Waals surface area contributed by atoms with Crippen molar-refractivity contribution in [1.29, 1.82) is 0 Å². The van der Waals surface area contributed by atoms with Gasteiger partial charge in [-0.3, -0.25) is 9.59 Å². The smallest absolute Gasteiger partial charge is 0.405 e. The van der Waals surface area contributed by atoms with Crippen LogP contribution in [0.25, 0.3) is 0 Å². The molecule has 2 unspecified atom stereocenters. The number of rotatable bonds is 4. The number of para-hydroxylation sites is 1. The average Bonchev–Trinajstić information content (AvgIpc) is 3.33. The SMILES string of the molecule is NC(=O)C1CCN(C(=O)C2CC2c2ccccc2OC(F)(F)F)CC1. The van der Waals surface area contributed by atoms with Gasteiger partial charge in [0.2, 0.25) is 11.8 Å². The molecule has 0 bridgehead atoms. The summed E-state index contributed by atoms with van der Waals surface area (Å²) in [5, 5.41) is 0. The predicted molar refractivity (Wildman–Crippen MR) is 82.5 cm³/mol. The summed E-state index contributed by atoms with van der Waals surface area (Å²) in [6.07, 6.45) is -3.19. The number of piperidine rings is 1. The first kappa shape index (κ1) is 17.6. The van der Waals surface area contributed by atoms with E-state index in [4.69, 9.17) is 5.73 Å². The van der Waals surface area contributed by atoms with Crippen LogP contribution in [-0.4, -0.2) is 36.2 Å². The van der Waals surface area contributed by atoms with Gasteiger partial charge in [-0.25, -0.2) is 0 Å². The molecule has 0 aromatic heterocycles. The lowest BCUT2D eigenvalue weighted by Crippen LogP contribution is -2.42. The van der Waals surface area contributed by atoms with Crippen LogP contribution in [-0.2, 0) is 9.59 Å². The van der Waals surface area contributed by atoms with Gasteiger partial charge in [0, 0.05) is 24.9 Å². The molecule has 0 radical (unpaired) electrons. The van der Waals surface area contributed by atoms with Crippen LogP contribution in [0.5, 0.6) is 5.75 Å². The van der Waals surface area contributed by atoms with E-state index in [0.717, 1.165) is 0 Å². The van der Waals surface area contributed by atoms with Crippen LogP contribution in [0.2, 0.25) is 0 Å². The molecular weight excluding hydrogens is 337 g/mol. The normalized spacial score (nSPS) is 24.0. The van der Waals surface area contributed by atoms with Crippen molar-refractivity contribution >= 4 is 11.8 Å². The highest BCUT2D eigenvalue weighted by Gasteiger charge is 2.48. The lowest BCUT2D eigenvalue weighted by molar-refractivity contribution is -0.274. The van der Waals surface area contributed by atoms with Crippen molar-refractivity contribution < 1.29 is 27.5 Å². The minimum absolute atomic E-state index is 0.0743. The fourth-order valence-corrected chi connectivity index (χ4v) is 3.44. The molecule has 1 aromatic carbocycles. The molecule has 2 fully saturated rings. The summed E-state index contributed by atoms with van der Waals surface area (Å²) in [4.78, 5) is 25.4. The Hall–Kier alpha value is -2.25. The van der Waals surface area contributed by atoms with Crippen molar-refractivity contribution in [3.8, 4) is 5.75 Å². The number of hydrogen-bond donors (Lipinski definition) is 1. The zero-order valence-electron chi connectivity index (χ0n) is 13.5. The van der Waals surface area contributed by atoms with Gasteiger partial charge in [-0.1, -0.05) is 18.2 Å². The minimum atomic E-state index is -4.76. The highest BCUT2D eigenvalue weighted by molar-refractivity contribution is 5.84. The van der Waals surface area contributed by atoms with Gasteiger partial charge in [0.25, 0.3) is 0 Å². The fourth-order valence-electron chi connectivity index (χ4n) is 3.44. The van der Waals surface area contributed by atoms with E-state index in [1.807, 2.05) is 0 Å². The molecule has 1 aliphatic heterocycles.